The van der Waals surface area contributed by atoms with Gasteiger partial charge in [0.15, 0.2) is 18.1 Å². The summed E-state index contributed by atoms with van der Waals surface area (Å²) < 4.78 is 39.6. The lowest BCUT2D eigenvalue weighted by Crippen LogP contribution is -2.29. The van der Waals surface area contributed by atoms with Crippen LogP contribution in [0.1, 0.15) is 28.4 Å². The molecule has 13 nitrogen and oxygen atoms in total. The number of hydrogen-bond donors (Lipinski definition) is 6. The van der Waals surface area contributed by atoms with E-state index in [1.807, 2.05) is 0 Å². The number of nitrogen functional groups attached to an aromatic ring is 1. The van der Waals surface area contributed by atoms with Crippen molar-refractivity contribution in [2.45, 2.75) is 13.5 Å². The van der Waals surface area contributed by atoms with Crippen molar-refractivity contribution in [1.29, 1.82) is 5.41 Å². The number of anilines is 3. The highest BCUT2D eigenvalue weighted by Crippen LogP contribution is 2.36. The molecule has 42 heavy (non-hydrogen) atoms. The van der Waals surface area contributed by atoms with E-state index in [-0.39, 0.29) is 41.7 Å². The van der Waals surface area contributed by atoms with Crippen LogP contribution < -0.4 is 30.6 Å². The summed E-state index contributed by atoms with van der Waals surface area (Å²) in [6, 6.07) is 13.9. The second-order valence-corrected chi connectivity index (χ2v) is 11.3. The van der Waals surface area contributed by atoms with Gasteiger partial charge in [0.25, 0.3) is 5.91 Å². The molecule has 224 valence electrons. The molecule has 0 aromatic heterocycles. The Kier molecular flexibility index (Phi) is 10.6. The summed E-state index contributed by atoms with van der Waals surface area (Å²) >= 11 is 6.19. The molecule has 3 aromatic carbocycles. The number of carbonyl (C=O) groups excluding carboxylic acids is 1. The molecule has 0 heterocycles. The zero-order chi connectivity index (χ0) is 31.0. The number of aliphatic carboxylic acids is 1. The summed E-state index contributed by atoms with van der Waals surface area (Å²) in [5.41, 5.74) is 7.51. The van der Waals surface area contributed by atoms with Crippen LogP contribution in [0.15, 0.2) is 54.6 Å². The molecule has 7 N–H and O–H groups in total. The molecular formula is C27H31ClN6O7S. The molecule has 0 saturated heterocycles. The maximum atomic E-state index is 13.2. The van der Waals surface area contributed by atoms with Gasteiger partial charge in [-0.1, -0.05) is 11.6 Å². The Hall–Kier alpha value is -4.53. The van der Waals surface area contributed by atoms with Crippen LogP contribution in [0.5, 0.6) is 11.5 Å². The summed E-state index contributed by atoms with van der Waals surface area (Å²) in [7, 11) is -1.15. The number of amides is 1. The van der Waals surface area contributed by atoms with Crippen LogP contribution in [-0.4, -0.2) is 62.9 Å². The van der Waals surface area contributed by atoms with E-state index in [2.05, 4.69) is 15.4 Å². The molecule has 1 amide bonds. The van der Waals surface area contributed by atoms with Gasteiger partial charge in [-0.05, 0) is 55.5 Å². The first kappa shape index (κ1) is 32.0. The number of carbonyl (C=O) groups is 2. The van der Waals surface area contributed by atoms with Gasteiger partial charge in [-0.25, -0.2) is 4.79 Å². The minimum Gasteiger partial charge on any atom is -0.490 e. The summed E-state index contributed by atoms with van der Waals surface area (Å²) in [6.45, 7) is 1.20. The van der Waals surface area contributed by atoms with Gasteiger partial charge in [0.05, 0.1) is 17.9 Å². The average Bonchev–Trinajstić information content (AvgIpc) is 2.91. The zero-order valence-electron chi connectivity index (χ0n) is 23.0. The Bertz CT molecular complexity index is 1580. The van der Waals surface area contributed by atoms with E-state index in [1.165, 1.54) is 32.3 Å². The third-order valence-electron chi connectivity index (χ3n) is 5.65. The number of nitrogens with one attached hydrogen (secondary N) is 4. The third-order valence-corrected chi connectivity index (χ3v) is 7.34. The molecule has 0 aliphatic carbocycles. The highest BCUT2D eigenvalue weighted by Gasteiger charge is 2.20. The maximum absolute atomic E-state index is 13.2. The Morgan fingerprint density at radius 2 is 1.74 bits per heavy atom. The molecule has 0 unspecified atom stereocenters. The van der Waals surface area contributed by atoms with Crippen molar-refractivity contribution in [3.8, 4) is 11.5 Å². The number of rotatable bonds is 14. The van der Waals surface area contributed by atoms with Gasteiger partial charge in [0.2, 0.25) is 0 Å². The zero-order valence-corrected chi connectivity index (χ0v) is 24.6. The molecule has 0 saturated carbocycles. The lowest BCUT2D eigenvalue weighted by Gasteiger charge is -2.20. The van der Waals surface area contributed by atoms with Crippen LogP contribution in [0.3, 0.4) is 0 Å². The number of ether oxygens (including phenoxy) is 2. The van der Waals surface area contributed by atoms with E-state index in [0.717, 1.165) is 4.31 Å². The first-order valence-electron chi connectivity index (χ1n) is 12.4. The number of amidine groups is 1. The fourth-order valence-electron chi connectivity index (χ4n) is 3.63. The number of halogens is 1. The quantitative estimate of drug-likeness (QED) is 0.116. The van der Waals surface area contributed by atoms with Crippen molar-refractivity contribution in [3.05, 3.63) is 76.3 Å². The van der Waals surface area contributed by atoms with Crippen molar-refractivity contribution in [3.63, 3.8) is 0 Å². The minimum atomic E-state index is -3.88. The first-order valence-corrected chi connectivity index (χ1v) is 14.3. The summed E-state index contributed by atoms with van der Waals surface area (Å²) in [6.07, 6.45) is 0. The second-order valence-electron chi connectivity index (χ2n) is 8.96. The summed E-state index contributed by atoms with van der Waals surface area (Å²) in [5.74, 6) is -1.60. The van der Waals surface area contributed by atoms with Gasteiger partial charge in [-0.2, -0.15) is 12.7 Å². The molecule has 3 rings (SSSR count). The minimum absolute atomic E-state index is 0.0260. The lowest BCUT2D eigenvalue weighted by atomic mass is 10.1. The fraction of sp³-hybridized carbons (Fsp3) is 0.222. The van der Waals surface area contributed by atoms with Gasteiger partial charge in [0, 0.05) is 54.2 Å². The number of hydrogen-bond acceptors (Lipinski definition) is 8. The number of benzene rings is 3. The second kappa shape index (κ2) is 13.9. The Balaban J connectivity index is 1.96. The SMILES string of the molecule is CCOc1cc(NS(=O)(=O)N(C)C)cc(CNc2ccc(Cl)cc2C(=O)Nc2ccc(C(=N)N)cc2)c1OCC(=O)O. The first-order chi connectivity index (χ1) is 19.8. The largest absolute Gasteiger partial charge is 0.490 e. The third kappa shape index (κ3) is 8.49. The van der Waals surface area contributed by atoms with E-state index >= 15 is 0 Å². The van der Waals surface area contributed by atoms with Gasteiger partial charge >= 0.3 is 16.2 Å². The van der Waals surface area contributed by atoms with E-state index in [4.69, 9.17) is 32.2 Å². The maximum Gasteiger partial charge on any atom is 0.341 e. The molecule has 0 spiro atoms. The fourth-order valence-corrected chi connectivity index (χ4v) is 4.40. The van der Waals surface area contributed by atoms with Gasteiger partial charge in [0.1, 0.15) is 5.84 Å². The van der Waals surface area contributed by atoms with Crippen LogP contribution in [-0.2, 0) is 21.5 Å². The van der Waals surface area contributed by atoms with Crippen LogP contribution in [0.4, 0.5) is 17.1 Å². The van der Waals surface area contributed by atoms with Gasteiger partial charge in [-0.3, -0.25) is 14.9 Å². The van der Waals surface area contributed by atoms with Crippen molar-refractivity contribution >= 4 is 56.6 Å². The Morgan fingerprint density at radius 1 is 1.05 bits per heavy atom. The Morgan fingerprint density at radius 3 is 2.33 bits per heavy atom. The predicted octanol–water partition coefficient (Wildman–Crippen LogP) is 3.57. The lowest BCUT2D eigenvalue weighted by molar-refractivity contribution is -0.139. The predicted molar refractivity (Wildman–Crippen MR) is 161 cm³/mol. The molecule has 0 atom stereocenters. The molecule has 3 aromatic rings. The standard InChI is InChI=1S/C27H31ClN6O7S/c1-4-40-23-13-20(33-42(38,39)34(2)3)11-17(25(23)41-15-24(35)36)14-31-22-10-7-18(28)12-21(22)27(37)32-19-8-5-16(6-9-19)26(29)30/h5-13,31,33H,4,14-15H2,1-3H3,(H3,29,30)(H,32,37)(H,35,36). The molecule has 0 fully saturated rings. The molecule has 0 aliphatic rings. The normalized spacial score (nSPS) is 11.1. The van der Waals surface area contributed by atoms with Crippen LogP contribution >= 0.6 is 11.6 Å². The van der Waals surface area contributed by atoms with Gasteiger partial charge < -0.3 is 30.9 Å². The highest BCUT2D eigenvalue weighted by molar-refractivity contribution is 7.90. The smallest absolute Gasteiger partial charge is 0.341 e. The van der Waals surface area contributed by atoms with E-state index in [0.29, 0.717) is 27.5 Å². The van der Waals surface area contributed by atoms with Crippen LogP contribution in [0.2, 0.25) is 5.02 Å². The number of carboxylic acid groups (broad SMARTS) is 1. The van der Waals surface area contributed by atoms with Crippen molar-refractivity contribution in [2.75, 3.05) is 42.7 Å². The molecule has 15 heteroatoms. The summed E-state index contributed by atoms with van der Waals surface area (Å²) in [5, 5.41) is 22.9. The summed E-state index contributed by atoms with van der Waals surface area (Å²) in [4.78, 5) is 24.5. The number of carboxylic acids is 1. The molecule has 0 radical (unpaired) electrons. The number of nitrogens with zero attached hydrogens (tertiary/aromatic N) is 1. The molecular weight excluding hydrogens is 588 g/mol. The van der Waals surface area contributed by atoms with Crippen LogP contribution in [0.25, 0.3) is 0 Å². The van der Waals surface area contributed by atoms with E-state index < -0.39 is 28.7 Å². The molecule has 0 bridgehead atoms. The van der Waals surface area contributed by atoms with Crippen molar-refractivity contribution in [2.24, 2.45) is 5.73 Å². The van der Waals surface area contributed by atoms with E-state index in [9.17, 15) is 23.1 Å². The average molecular weight is 619 g/mol. The Labute approximate surface area is 248 Å². The topological polar surface area (TPSA) is 196 Å². The van der Waals surface area contributed by atoms with E-state index in [1.54, 1.807) is 43.3 Å². The molecule has 0 aliphatic heterocycles. The number of nitrogens with two attached hydrogens (primary N) is 1. The van der Waals surface area contributed by atoms with Gasteiger partial charge in [-0.15, -0.1) is 0 Å². The van der Waals surface area contributed by atoms with Crippen LogP contribution in [0, 0.1) is 5.41 Å². The highest BCUT2D eigenvalue weighted by atomic mass is 35.5. The monoisotopic (exact) mass is 618 g/mol. The van der Waals surface area contributed by atoms with Crippen molar-refractivity contribution in [1.82, 2.24) is 4.31 Å². The van der Waals surface area contributed by atoms with Crippen molar-refractivity contribution < 1.29 is 32.6 Å².